The van der Waals surface area contributed by atoms with Crippen molar-refractivity contribution in [2.45, 2.75) is 91.4 Å². The molecule has 1 heterocycles. The molecule has 0 amide bonds. The monoisotopic (exact) mass is 548 g/mol. The van der Waals surface area contributed by atoms with E-state index in [0.29, 0.717) is 5.92 Å². The molecule has 2 heteroatoms. The van der Waals surface area contributed by atoms with Crippen LogP contribution < -0.4 is 20.7 Å². The minimum atomic E-state index is -0.829. The molecule has 40 heavy (non-hydrogen) atoms. The van der Waals surface area contributed by atoms with Gasteiger partial charge < -0.3 is 4.74 Å². The summed E-state index contributed by atoms with van der Waals surface area (Å²) in [5.74, 6) is 2.46. The van der Waals surface area contributed by atoms with Crippen LogP contribution in [-0.4, -0.2) is 0 Å². The summed E-state index contributed by atoms with van der Waals surface area (Å²) in [6.45, 7) is 23.3. The first-order valence-corrected chi connectivity index (χ1v) is 16.0. The molecule has 208 valence electrons. The highest BCUT2D eigenvalue weighted by atomic mass is 31.1. The molecule has 4 aromatic rings. The van der Waals surface area contributed by atoms with Crippen LogP contribution in [0.2, 0.25) is 0 Å². The first kappa shape index (κ1) is 28.6. The van der Waals surface area contributed by atoms with Gasteiger partial charge in [-0.3, -0.25) is 0 Å². The maximum Gasteiger partial charge on any atom is 0.139 e. The van der Waals surface area contributed by atoms with Gasteiger partial charge in [0, 0.05) is 21.8 Å². The largest absolute Gasteiger partial charge is 0.456 e. The summed E-state index contributed by atoms with van der Waals surface area (Å²) in [4.78, 5) is 0. The van der Waals surface area contributed by atoms with Crippen molar-refractivity contribution in [1.82, 2.24) is 0 Å². The van der Waals surface area contributed by atoms with Gasteiger partial charge in [0.05, 0.1) is 0 Å². The van der Waals surface area contributed by atoms with Gasteiger partial charge in [0.1, 0.15) is 11.5 Å². The van der Waals surface area contributed by atoms with Crippen molar-refractivity contribution < 1.29 is 4.74 Å². The molecule has 0 aromatic heterocycles. The van der Waals surface area contributed by atoms with E-state index in [4.69, 9.17) is 4.74 Å². The lowest BCUT2D eigenvalue weighted by Crippen LogP contribution is -2.32. The van der Waals surface area contributed by atoms with Crippen LogP contribution in [0.15, 0.2) is 84.9 Å². The van der Waals surface area contributed by atoms with Gasteiger partial charge in [-0.2, -0.15) is 0 Å². The van der Waals surface area contributed by atoms with Gasteiger partial charge in [-0.05, 0) is 58.0 Å². The quantitative estimate of drug-likeness (QED) is 0.231. The third-order valence-electron chi connectivity index (χ3n) is 8.36. The van der Waals surface area contributed by atoms with Gasteiger partial charge in [0.2, 0.25) is 0 Å². The van der Waals surface area contributed by atoms with Gasteiger partial charge >= 0.3 is 0 Å². The molecule has 0 aliphatic carbocycles. The molecule has 0 unspecified atom stereocenters. The fourth-order valence-corrected chi connectivity index (χ4v) is 8.14. The molecule has 5 rings (SSSR count). The number of fused-ring (bicyclic) bond motifs is 2. The van der Waals surface area contributed by atoms with Crippen LogP contribution in [0.4, 0.5) is 0 Å². The van der Waals surface area contributed by atoms with E-state index in [9.17, 15) is 0 Å². The number of benzene rings is 4. The van der Waals surface area contributed by atoms with Crippen LogP contribution in [0.5, 0.6) is 11.5 Å². The Balaban J connectivity index is 1.86. The van der Waals surface area contributed by atoms with Crippen molar-refractivity contribution in [3.05, 3.63) is 113 Å². The Morgan fingerprint density at radius 3 is 1.52 bits per heavy atom. The maximum atomic E-state index is 7.21. The highest BCUT2D eigenvalue weighted by molar-refractivity contribution is 7.80. The van der Waals surface area contributed by atoms with Crippen molar-refractivity contribution in [2.24, 2.45) is 0 Å². The summed E-state index contributed by atoms with van der Waals surface area (Å²) >= 11 is 0. The molecular weight excluding hydrogens is 503 g/mol. The summed E-state index contributed by atoms with van der Waals surface area (Å²) in [7, 11) is -0.829. The van der Waals surface area contributed by atoms with Crippen molar-refractivity contribution in [3.63, 3.8) is 0 Å². The molecule has 0 saturated heterocycles. The second kappa shape index (κ2) is 10.2. The normalized spacial score (nSPS) is 14.6. The number of rotatable bonds is 4. The van der Waals surface area contributed by atoms with Crippen LogP contribution in [-0.2, 0) is 16.2 Å². The van der Waals surface area contributed by atoms with Crippen LogP contribution in [0, 0.1) is 0 Å². The lowest BCUT2D eigenvalue weighted by Gasteiger charge is -2.40. The van der Waals surface area contributed by atoms with Crippen LogP contribution in [0.25, 0.3) is 0 Å². The first-order valence-electron chi connectivity index (χ1n) is 14.7. The summed E-state index contributed by atoms with van der Waals surface area (Å²) in [5.41, 5.74) is 6.48. The zero-order chi connectivity index (χ0) is 29.0. The lowest BCUT2D eigenvalue weighted by atomic mass is 9.71. The van der Waals surface area contributed by atoms with E-state index in [0.717, 1.165) is 11.5 Å². The van der Waals surface area contributed by atoms with E-state index >= 15 is 0 Å². The highest BCUT2D eigenvalue weighted by Crippen LogP contribution is 2.54. The fourth-order valence-electron chi connectivity index (χ4n) is 5.70. The first-order chi connectivity index (χ1) is 18.7. The molecular formula is C38H45OP. The van der Waals surface area contributed by atoms with E-state index in [1.54, 1.807) is 0 Å². The Morgan fingerprint density at radius 2 is 1.07 bits per heavy atom. The number of ether oxygens (including phenoxy) is 1. The van der Waals surface area contributed by atoms with Gasteiger partial charge in [-0.1, -0.05) is 148 Å². The lowest BCUT2D eigenvalue weighted by molar-refractivity contribution is 0.411. The Labute approximate surface area is 243 Å². The third-order valence-corrected chi connectivity index (χ3v) is 10.8. The fraction of sp³-hybridized carbons (Fsp3) is 0.368. The van der Waals surface area contributed by atoms with Crippen molar-refractivity contribution in [1.29, 1.82) is 0 Å². The highest BCUT2D eigenvalue weighted by Gasteiger charge is 2.40. The topological polar surface area (TPSA) is 9.23 Å². The van der Waals surface area contributed by atoms with Gasteiger partial charge in [-0.15, -0.1) is 0 Å². The molecule has 0 radical (unpaired) electrons. The van der Waals surface area contributed by atoms with Crippen LogP contribution in [0.1, 0.15) is 103 Å². The minimum Gasteiger partial charge on any atom is -0.456 e. The van der Waals surface area contributed by atoms with Crippen molar-refractivity contribution in [3.8, 4) is 11.5 Å². The summed E-state index contributed by atoms with van der Waals surface area (Å²) in [6, 6.07) is 31.7. The van der Waals surface area contributed by atoms with Gasteiger partial charge in [0.25, 0.3) is 0 Å². The number of hydrogen-bond donors (Lipinski definition) is 0. The molecule has 0 spiro atoms. The summed E-state index contributed by atoms with van der Waals surface area (Å²) in [6.07, 6.45) is 0. The van der Waals surface area contributed by atoms with E-state index in [2.05, 4.69) is 154 Å². The Bertz CT molecular complexity index is 1480. The van der Waals surface area contributed by atoms with E-state index in [1.165, 1.54) is 43.7 Å². The average Bonchev–Trinajstić information content (AvgIpc) is 2.88. The van der Waals surface area contributed by atoms with Crippen molar-refractivity contribution in [2.75, 3.05) is 0 Å². The maximum absolute atomic E-state index is 7.21. The van der Waals surface area contributed by atoms with Crippen LogP contribution in [0.3, 0.4) is 0 Å². The van der Waals surface area contributed by atoms with Gasteiger partial charge in [0.15, 0.2) is 0 Å². The van der Waals surface area contributed by atoms with Gasteiger partial charge in [-0.25, -0.2) is 0 Å². The Hall–Kier alpha value is -2.89. The molecule has 0 saturated carbocycles. The molecule has 0 atom stereocenters. The van der Waals surface area contributed by atoms with E-state index in [-0.39, 0.29) is 16.2 Å². The molecule has 0 fully saturated rings. The predicted molar refractivity (Wildman–Crippen MR) is 175 cm³/mol. The molecule has 1 aliphatic heterocycles. The standard InChI is InChI=1S/C38H45OP/c1-25(2)30-21-26(36(3,4)5)22-31-34(30)39-35-32(38(31,9)10)23-27(37(6,7)8)24-33(35)40(28-17-13-11-14-18-28)29-19-15-12-16-20-29/h11-25H,1-10H3. The van der Waals surface area contributed by atoms with Crippen LogP contribution >= 0.6 is 7.92 Å². The smallest absolute Gasteiger partial charge is 0.139 e. The number of hydrogen-bond acceptors (Lipinski definition) is 1. The summed E-state index contributed by atoms with van der Waals surface area (Å²) in [5, 5.41) is 4.00. The Morgan fingerprint density at radius 1 is 0.625 bits per heavy atom. The molecule has 1 aliphatic rings. The summed E-state index contributed by atoms with van der Waals surface area (Å²) < 4.78 is 7.21. The zero-order valence-corrected chi connectivity index (χ0v) is 26.9. The molecule has 0 bridgehead atoms. The second-order valence-corrected chi connectivity index (χ2v) is 16.4. The van der Waals surface area contributed by atoms with Crippen molar-refractivity contribution >= 4 is 23.8 Å². The van der Waals surface area contributed by atoms with E-state index < -0.39 is 7.92 Å². The van der Waals surface area contributed by atoms with E-state index in [1.807, 2.05) is 0 Å². The molecule has 0 N–H and O–H groups in total. The zero-order valence-electron chi connectivity index (χ0n) is 26.0. The SMILES string of the molecule is CC(C)c1cc(C(C)(C)C)cc2c1Oc1c(P(c3ccccc3)c3ccccc3)cc(C(C)(C)C)cc1C2(C)C. The molecule has 4 aromatic carbocycles. The third kappa shape index (κ3) is 5.14. The second-order valence-electron chi connectivity index (χ2n) is 14.2. The molecule has 1 nitrogen and oxygen atoms in total. The Kier molecular flexibility index (Phi) is 7.29. The minimum absolute atomic E-state index is 0.00483. The predicted octanol–water partition coefficient (Wildman–Crippen LogP) is 9.59. The average molecular weight is 549 g/mol.